The van der Waals surface area contributed by atoms with Crippen LogP contribution in [-0.2, 0) is 4.79 Å². The molecule has 0 aliphatic heterocycles. The number of aryl methyl sites for hydroxylation is 1. The first-order chi connectivity index (χ1) is 9.47. The van der Waals surface area contributed by atoms with Crippen molar-refractivity contribution in [3.8, 4) is 11.4 Å². The van der Waals surface area contributed by atoms with Crippen LogP contribution in [-0.4, -0.2) is 16.0 Å². The zero-order valence-corrected chi connectivity index (χ0v) is 12.2. The Bertz CT molecular complexity index is 587. The van der Waals surface area contributed by atoms with E-state index in [0.717, 1.165) is 5.56 Å². The van der Waals surface area contributed by atoms with Gasteiger partial charge < -0.3 is 9.84 Å². The van der Waals surface area contributed by atoms with Crippen LogP contribution in [0.3, 0.4) is 0 Å². The highest BCUT2D eigenvalue weighted by Gasteiger charge is 2.18. The molecule has 0 bridgehead atoms. The highest BCUT2D eigenvalue weighted by molar-refractivity contribution is 5.78. The fourth-order valence-electron chi connectivity index (χ4n) is 1.67. The Labute approximate surface area is 118 Å². The third-order valence-electron chi connectivity index (χ3n) is 3.01. The number of hydrogen-bond donors (Lipinski definition) is 1. The number of hydrogen-bond acceptors (Lipinski definition) is 4. The fourth-order valence-corrected chi connectivity index (χ4v) is 1.67. The molecule has 2 rings (SSSR count). The highest BCUT2D eigenvalue weighted by atomic mass is 16.5. The van der Waals surface area contributed by atoms with Crippen molar-refractivity contribution >= 4 is 5.91 Å². The van der Waals surface area contributed by atoms with Crippen LogP contribution in [0.25, 0.3) is 11.4 Å². The molecule has 0 aliphatic rings. The number of carbonyl (C=O) groups excluding carboxylic acids is 1. The quantitative estimate of drug-likeness (QED) is 0.930. The zero-order chi connectivity index (χ0) is 14.7. The number of amides is 1. The summed E-state index contributed by atoms with van der Waals surface area (Å²) < 4.78 is 5.22. The van der Waals surface area contributed by atoms with Gasteiger partial charge in [-0.1, -0.05) is 48.8 Å². The van der Waals surface area contributed by atoms with Crippen molar-refractivity contribution in [3.05, 3.63) is 35.7 Å². The van der Waals surface area contributed by atoms with Crippen molar-refractivity contribution in [2.24, 2.45) is 5.92 Å². The first kappa shape index (κ1) is 14.2. The summed E-state index contributed by atoms with van der Waals surface area (Å²) in [6.07, 6.45) is 0. The fraction of sp³-hybridized carbons (Fsp3) is 0.400. The topological polar surface area (TPSA) is 68.0 Å². The van der Waals surface area contributed by atoms with Crippen molar-refractivity contribution in [2.45, 2.75) is 33.7 Å². The lowest BCUT2D eigenvalue weighted by atomic mass is 10.1. The molecule has 2 aromatic rings. The van der Waals surface area contributed by atoms with E-state index in [4.69, 9.17) is 4.52 Å². The first-order valence-electron chi connectivity index (χ1n) is 6.68. The average Bonchev–Trinajstić information content (AvgIpc) is 2.89. The van der Waals surface area contributed by atoms with Gasteiger partial charge in [0.2, 0.25) is 17.6 Å². The van der Waals surface area contributed by atoms with Crippen molar-refractivity contribution < 1.29 is 9.32 Å². The van der Waals surface area contributed by atoms with Gasteiger partial charge in [0, 0.05) is 11.5 Å². The van der Waals surface area contributed by atoms with Crippen LogP contribution in [0.1, 0.15) is 38.3 Å². The second-order valence-corrected chi connectivity index (χ2v) is 5.21. The minimum absolute atomic E-state index is 0.0346. The molecule has 1 N–H and O–H groups in total. The summed E-state index contributed by atoms with van der Waals surface area (Å²) in [7, 11) is 0. The largest absolute Gasteiger partial charge is 0.344 e. The van der Waals surface area contributed by atoms with Gasteiger partial charge in [-0.25, -0.2) is 0 Å². The molecular formula is C15H19N3O2. The van der Waals surface area contributed by atoms with E-state index in [-0.39, 0.29) is 17.9 Å². The SMILES string of the molecule is Cc1ccc(-c2noc([C@@H](C)NC(=O)C(C)C)n2)cc1. The average molecular weight is 273 g/mol. The molecule has 20 heavy (non-hydrogen) atoms. The Morgan fingerprint density at radius 1 is 1.20 bits per heavy atom. The van der Waals surface area contributed by atoms with E-state index in [0.29, 0.717) is 11.7 Å². The van der Waals surface area contributed by atoms with E-state index >= 15 is 0 Å². The number of aromatic nitrogens is 2. The molecule has 0 spiro atoms. The van der Waals surface area contributed by atoms with Crippen LogP contribution in [0.5, 0.6) is 0 Å². The third-order valence-corrected chi connectivity index (χ3v) is 3.01. The lowest BCUT2D eigenvalue weighted by Gasteiger charge is -2.11. The van der Waals surface area contributed by atoms with E-state index in [1.165, 1.54) is 5.56 Å². The molecule has 0 saturated heterocycles. The van der Waals surface area contributed by atoms with E-state index in [1.807, 2.05) is 52.0 Å². The second kappa shape index (κ2) is 5.86. The predicted octanol–water partition coefficient (Wildman–Crippen LogP) is 2.88. The second-order valence-electron chi connectivity index (χ2n) is 5.21. The molecule has 0 radical (unpaired) electrons. The van der Waals surface area contributed by atoms with Crippen LogP contribution >= 0.6 is 0 Å². The van der Waals surface area contributed by atoms with Gasteiger partial charge in [-0.2, -0.15) is 4.98 Å². The van der Waals surface area contributed by atoms with Crippen LogP contribution < -0.4 is 5.32 Å². The number of rotatable bonds is 4. The summed E-state index contributed by atoms with van der Waals surface area (Å²) in [5.74, 6) is 0.838. The summed E-state index contributed by atoms with van der Waals surface area (Å²) in [5, 5.41) is 6.79. The molecule has 5 heteroatoms. The van der Waals surface area contributed by atoms with Crippen LogP contribution in [0.4, 0.5) is 0 Å². The summed E-state index contributed by atoms with van der Waals surface area (Å²) in [5.41, 5.74) is 2.07. The molecule has 106 valence electrons. The Kier molecular flexibility index (Phi) is 4.17. The van der Waals surface area contributed by atoms with Gasteiger partial charge >= 0.3 is 0 Å². The van der Waals surface area contributed by atoms with E-state index in [2.05, 4.69) is 15.5 Å². The molecule has 1 amide bonds. The van der Waals surface area contributed by atoms with Crippen LogP contribution in [0.2, 0.25) is 0 Å². The minimum atomic E-state index is -0.295. The Morgan fingerprint density at radius 2 is 1.85 bits per heavy atom. The van der Waals surface area contributed by atoms with Crippen molar-refractivity contribution in [1.29, 1.82) is 0 Å². The minimum Gasteiger partial charge on any atom is -0.344 e. The van der Waals surface area contributed by atoms with Gasteiger partial charge in [0.15, 0.2) is 0 Å². The predicted molar refractivity (Wildman–Crippen MR) is 75.9 cm³/mol. The van der Waals surface area contributed by atoms with Crippen molar-refractivity contribution in [3.63, 3.8) is 0 Å². The van der Waals surface area contributed by atoms with Gasteiger partial charge in [0.1, 0.15) is 6.04 Å². The van der Waals surface area contributed by atoms with Crippen molar-refractivity contribution in [1.82, 2.24) is 15.5 Å². The molecule has 0 unspecified atom stereocenters. The van der Waals surface area contributed by atoms with Gasteiger partial charge in [-0.05, 0) is 13.8 Å². The lowest BCUT2D eigenvalue weighted by Crippen LogP contribution is -2.30. The molecule has 0 saturated carbocycles. The first-order valence-corrected chi connectivity index (χ1v) is 6.68. The summed E-state index contributed by atoms with van der Waals surface area (Å²) in [4.78, 5) is 16.0. The van der Waals surface area contributed by atoms with Crippen LogP contribution in [0.15, 0.2) is 28.8 Å². The maximum atomic E-state index is 11.6. The number of carbonyl (C=O) groups is 1. The van der Waals surface area contributed by atoms with E-state index in [9.17, 15) is 4.79 Å². The Hall–Kier alpha value is -2.17. The van der Waals surface area contributed by atoms with Crippen molar-refractivity contribution in [2.75, 3.05) is 0 Å². The Morgan fingerprint density at radius 3 is 2.45 bits per heavy atom. The monoisotopic (exact) mass is 273 g/mol. The number of nitrogens with one attached hydrogen (secondary N) is 1. The maximum absolute atomic E-state index is 11.6. The van der Waals surface area contributed by atoms with Gasteiger partial charge in [0.25, 0.3) is 0 Å². The molecule has 1 aromatic heterocycles. The third kappa shape index (κ3) is 3.23. The van der Waals surface area contributed by atoms with Gasteiger partial charge in [-0.3, -0.25) is 4.79 Å². The van der Waals surface area contributed by atoms with Crippen LogP contribution in [0, 0.1) is 12.8 Å². The molecule has 1 atom stereocenters. The highest BCUT2D eigenvalue weighted by Crippen LogP contribution is 2.19. The molecular weight excluding hydrogens is 254 g/mol. The molecule has 0 fully saturated rings. The maximum Gasteiger partial charge on any atom is 0.249 e. The number of benzene rings is 1. The Balaban J connectivity index is 2.12. The standard InChI is InChI=1S/C15H19N3O2/c1-9(2)14(19)16-11(4)15-17-13(18-20-15)12-7-5-10(3)6-8-12/h5-9,11H,1-4H3,(H,16,19)/t11-/m1/s1. The summed E-state index contributed by atoms with van der Waals surface area (Å²) >= 11 is 0. The molecule has 0 aliphatic carbocycles. The van der Waals surface area contributed by atoms with E-state index < -0.39 is 0 Å². The van der Waals surface area contributed by atoms with Gasteiger partial charge in [-0.15, -0.1) is 0 Å². The van der Waals surface area contributed by atoms with Gasteiger partial charge in [0.05, 0.1) is 0 Å². The molecule has 1 heterocycles. The summed E-state index contributed by atoms with van der Waals surface area (Å²) in [6, 6.07) is 7.59. The normalized spacial score (nSPS) is 12.4. The summed E-state index contributed by atoms with van der Waals surface area (Å²) in [6.45, 7) is 7.53. The lowest BCUT2D eigenvalue weighted by molar-refractivity contribution is -0.124. The smallest absolute Gasteiger partial charge is 0.249 e. The van der Waals surface area contributed by atoms with E-state index in [1.54, 1.807) is 0 Å². The number of nitrogens with zero attached hydrogens (tertiary/aromatic N) is 2. The zero-order valence-electron chi connectivity index (χ0n) is 12.2. The molecule has 5 nitrogen and oxygen atoms in total. The molecule has 1 aromatic carbocycles.